The maximum atomic E-state index is 12.6. The maximum absolute atomic E-state index is 12.6. The fourth-order valence-electron chi connectivity index (χ4n) is 2.54. The molecule has 0 heterocycles. The highest BCUT2D eigenvalue weighted by Gasteiger charge is 2.44. The molecule has 0 aromatic rings. The Hall–Kier alpha value is -0.650. The van der Waals surface area contributed by atoms with Gasteiger partial charge in [0.15, 0.2) is 0 Å². The van der Waals surface area contributed by atoms with Gasteiger partial charge in [-0.3, -0.25) is 4.79 Å². The summed E-state index contributed by atoms with van der Waals surface area (Å²) in [6.07, 6.45) is 4.00. The minimum absolute atomic E-state index is 0.233. The number of hydrogen-bond acceptors (Lipinski definition) is 4. The molecule has 1 saturated carbocycles. The number of nitrogens with two attached hydrogens (primary N) is 1. The molecule has 1 fully saturated rings. The van der Waals surface area contributed by atoms with E-state index in [4.69, 9.17) is 10.5 Å². The highest BCUT2D eigenvalue weighted by Crippen LogP contribution is 2.41. The van der Waals surface area contributed by atoms with Crippen LogP contribution in [0.2, 0.25) is 0 Å². The second-order valence-corrected chi connectivity index (χ2v) is 5.78. The van der Waals surface area contributed by atoms with Crippen LogP contribution in [-0.4, -0.2) is 69.7 Å². The Morgan fingerprint density at radius 1 is 1.26 bits per heavy atom. The van der Waals surface area contributed by atoms with E-state index >= 15 is 0 Å². The van der Waals surface area contributed by atoms with Crippen molar-refractivity contribution in [2.75, 3.05) is 54.0 Å². The first-order valence-electron chi connectivity index (χ1n) is 7.19. The third-order valence-electron chi connectivity index (χ3n) is 4.04. The molecule has 5 nitrogen and oxygen atoms in total. The Morgan fingerprint density at radius 2 is 1.95 bits per heavy atom. The lowest BCUT2D eigenvalue weighted by atomic mass is 9.68. The van der Waals surface area contributed by atoms with Crippen LogP contribution < -0.4 is 5.73 Å². The first kappa shape index (κ1) is 16.4. The number of carbonyl (C=O) groups is 1. The van der Waals surface area contributed by atoms with E-state index < -0.39 is 0 Å². The van der Waals surface area contributed by atoms with Crippen molar-refractivity contribution in [3.8, 4) is 0 Å². The molecule has 0 radical (unpaired) electrons. The lowest BCUT2D eigenvalue weighted by molar-refractivity contribution is -0.147. The van der Waals surface area contributed by atoms with Crippen molar-refractivity contribution in [1.29, 1.82) is 0 Å². The number of hydrogen-bond donors (Lipinski definition) is 1. The molecule has 2 N–H and O–H groups in total. The predicted molar refractivity (Wildman–Crippen MR) is 77.0 cm³/mol. The lowest BCUT2D eigenvalue weighted by Gasteiger charge is -2.42. The topological polar surface area (TPSA) is 58.8 Å². The standard InChI is InChI=1S/C14H29N3O2/c1-16(2)8-5-9-17(10-11-19-3)13(18)14(12-15)6-4-7-14/h4-12,15H2,1-3H3. The second kappa shape index (κ2) is 7.82. The van der Waals surface area contributed by atoms with Crippen molar-refractivity contribution in [1.82, 2.24) is 9.80 Å². The van der Waals surface area contributed by atoms with Gasteiger partial charge in [0, 0.05) is 26.7 Å². The van der Waals surface area contributed by atoms with Gasteiger partial charge >= 0.3 is 0 Å². The molecule has 1 aliphatic rings. The zero-order valence-electron chi connectivity index (χ0n) is 12.7. The van der Waals surface area contributed by atoms with E-state index in [9.17, 15) is 4.79 Å². The van der Waals surface area contributed by atoms with Gasteiger partial charge in [0.1, 0.15) is 0 Å². The Kier molecular flexibility index (Phi) is 6.75. The SMILES string of the molecule is COCCN(CCCN(C)C)C(=O)C1(CN)CCC1. The molecule has 1 rings (SSSR count). The molecule has 0 aromatic carbocycles. The molecule has 0 aromatic heterocycles. The molecule has 0 spiro atoms. The van der Waals surface area contributed by atoms with Gasteiger partial charge < -0.3 is 20.3 Å². The average molecular weight is 271 g/mol. The van der Waals surface area contributed by atoms with Crippen LogP contribution in [0.4, 0.5) is 0 Å². The molecule has 19 heavy (non-hydrogen) atoms. The van der Waals surface area contributed by atoms with E-state index in [2.05, 4.69) is 19.0 Å². The van der Waals surface area contributed by atoms with Crippen molar-refractivity contribution < 1.29 is 9.53 Å². The van der Waals surface area contributed by atoms with Crippen LogP contribution in [0.3, 0.4) is 0 Å². The third kappa shape index (κ3) is 4.44. The van der Waals surface area contributed by atoms with E-state index in [1.54, 1.807) is 7.11 Å². The number of rotatable bonds is 9. The van der Waals surface area contributed by atoms with Gasteiger partial charge in [0.05, 0.1) is 12.0 Å². The van der Waals surface area contributed by atoms with Crippen molar-refractivity contribution in [2.45, 2.75) is 25.7 Å². The van der Waals surface area contributed by atoms with Crippen molar-refractivity contribution >= 4 is 5.91 Å². The van der Waals surface area contributed by atoms with Gasteiger partial charge in [-0.25, -0.2) is 0 Å². The Morgan fingerprint density at radius 3 is 2.37 bits per heavy atom. The Labute approximate surface area is 117 Å². The number of carbonyl (C=O) groups excluding carboxylic acids is 1. The summed E-state index contributed by atoms with van der Waals surface area (Å²) in [7, 11) is 5.77. The zero-order valence-corrected chi connectivity index (χ0v) is 12.7. The van der Waals surface area contributed by atoms with E-state index in [-0.39, 0.29) is 11.3 Å². The molecular weight excluding hydrogens is 242 g/mol. The van der Waals surface area contributed by atoms with Crippen LogP contribution in [0.5, 0.6) is 0 Å². The van der Waals surface area contributed by atoms with Gasteiger partial charge in [-0.15, -0.1) is 0 Å². The van der Waals surface area contributed by atoms with Crippen LogP contribution in [0, 0.1) is 5.41 Å². The molecule has 0 unspecified atom stereocenters. The molecule has 5 heteroatoms. The van der Waals surface area contributed by atoms with Gasteiger partial charge in [0.25, 0.3) is 0 Å². The van der Waals surface area contributed by atoms with Crippen LogP contribution in [-0.2, 0) is 9.53 Å². The monoisotopic (exact) mass is 271 g/mol. The van der Waals surface area contributed by atoms with E-state index in [0.29, 0.717) is 19.7 Å². The van der Waals surface area contributed by atoms with E-state index in [0.717, 1.165) is 38.8 Å². The summed E-state index contributed by atoms with van der Waals surface area (Å²) in [5, 5.41) is 0. The highest BCUT2D eigenvalue weighted by atomic mass is 16.5. The normalized spacial score (nSPS) is 17.3. The average Bonchev–Trinajstić information content (AvgIpc) is 2.32. The molecule has 0 aliphatic heterocycles. The van der Waals surface area contributed by atoms with Gasteiger partial charge in [-0.1, -0.05) is 6.42 Å². The predicted octanol–water partition coefficient (Wildman–Crippen LogP) is 0.542. The summed E-state index contributed by atoms with van der Waals surface area (Å²) in [5.74, 6) is 0.233. The van der Waals surface area contributed by atoms with Crippen LogP contribution in [0.1, 0.15) is 25.7 Å². The summed E-state index contributed by atoms with van der Waals surface area (Å²) in [6, 6.07) is 0. The summed E-state index contributed by atoms with van der Waals surface area (Å²) >= 11 is 0. The largest absolute Gasteiger partial charge is 0.383 e. The Balaban J connectivity index is 2.54. The zero-order chi connectivity index (χ0) is 14.3. The maximum Gasteiger partial charge on any atom is 0.230 e. The molecule has 1 aliphatic carbocycles. The molecule has 0 atom stereocenters. The highest BCUT2D eigenvalue weighted by molar-refractivity contribution is 5.84. The van der Waals surface area contributed by atoms with Crippen molar-refractivity contribution in [3.63, 3.8) is 0 Å². The minimum atomic E-state index is -0.272. The first-order valence-corrected chi connectivity index (χ1v) is 7.19. The molecule has 112 valence electrons. The third-order valence-corrected chi connectivity index (χ3v) is 4.04. The number of methoxy groups -OCH3 is 1. The smallest absolute Gasteiger partial charge is 0.230 e. The van der Waals surface area contributed by atoms with E-state index in [1.165, 1.54) is 0 Å². The minimum Gasteiger partial charge on any atom is -0.383 e. The van der Waals surface area contributed by atoms with Crippen molar-refractivity contribution in [2.24, 2.45) is 11.1 Å². The van der Waals surface area contributed by atoms with Gasteiger partial charge in [-0.05, 0) is 39.9 Å². The Bertz CT molecular complexity index is 272. The van der Waals surface area contributed by atoms with Gasteiger partial charge in [0.2, 0.25) is 5.91 Å². The van der Waals surface area contributed by atoms with E-state index in [1.807, 2.05) is 4.90 Å². The van der Waals surface area contributed by atoms with Crippen LogP contribution >= 0.6 is 0 Å². The molecular formula is C14H29N3O2. The summed E-state index contributed by atoms with van der Waals surface area (Å²) in [4.78, 5) is 16.7. The lowest BCUT2D eigenvalue weighted by Crippen LogP contribution is -2.53. The first-order chi connectivity index (χ1) is 9.05. The quantitative estimate of drug-likeness (QED) is 0.665. The number of amides is 1. The molecule has 0 saturated heterocycles. The summed E-state index contributed by atoms with van der Waals surface area (Å²) in [5.41, 5.74) is 5.55. The number of ether oxygens (including phenoxy) is 1. The van der Waals surface area contributed by atoms with Crippen LogP contribution in [0.15, 0.2) is 0 Å². The van der Waals surface area contributed by atoms with Gasteiger partial charge in [-0.2, -0.15) is 0 Å². The molecule has 1 amide bonds. The summed E-state index contributed by atoms with van der Waals surface area (Å²) in [6.45, 7) is 3.52. The fourth-order valence-corrected chi connectivity index (χ4v) is 2.54. The van der Waals surface area contributed by atoms with Crippen LogP contribution in [0.25, 0.3) is 0 Å². The number of nitrogens with zero attached hydrogens (tertiary/aromatic N) is 2. The fraction of sp³-hybridized carbons (Fsp3) is 0.929. The summed E-state index contributed by atoms with van der Waals surface area (Å²) < 4.78 is 5.11. The second-order valence-electron chi connectivity index (χ2n) is 5.78. The molecule has 0 bridgehead atoms. The van der Waals surface area contributed by atoms with Crippen molar-refractivity contribution in [3.05, 3.63) is 0 Å².